The van der Waals surface area contributed by atoms with Crippen LogP contribution in [0.3, 0.4) is 0 Å². The Morgan fingerprint density at radius 2 is 2.59 bits per heavy atom. The SMILES string of the molecule is [2H]C([2H])([2H])Oc1cc(-n2cc(CO)nn2)ncc1C#N. The molecule has 17 heavy (non-hydrogen) atoms. The Hall–Kier alpha value is -2.46. The number of rotatable bonds is 3. The smallest absolute Gasteiger partial charge is 0.158 e. The zero-order chi connectivity index (χ0) is 14.8. The van der Waals surface area contributed by atoms with Crippen LogP contribution in [-0.4, -0.2) is 32.1 Å². The summed E-state index contributed by atoms with van der Waals surface area (Å²) in [4.78, 5) is 3.95. The van der Waals surface area contributed by atoms with Crippen molar-refractivity contribution in [2.45, 2.75) is 6.61 Å². The first-order valence-corrected chi connectivity index (χ1v) is 4.54. The fourth-order valence-electron chi connectivity index (χ4n) is 1.20. The maximum atomic E-state index is 8.91. The van der Waals surface area contributed by atoms with Crippen LogP contribution in [0.15, 0.2) is 18.5 Å². The Morgan fingerprint density at radius 1 is 1.71 bits per heavy atom. The lowest BCUT2D eigenvalue weighted by molar-refractivity contribution is 0.276. The molecule has 0 aliphatic carbocycles. The summed E-state index contributed by atoms with van der Waals surface area (Å²) in [5, 5.41) is 25.2. The van der Waals surface area contributed by atoms with Gasteiger partial charge in [-0.2, -0.15) is 5.26 Å². The minimum atomic E-state index is -2.68. The van der Waals surface area contributed by atoms with Crippen LogP contribution in [0.25, 0.3) is 5.82 Å². The predicted molar refractivity (Wildman–Crippen MR) is 56.3 cm³/mol. The average Bonchev–Trinajstić information content (AvgIpc) is 2.85. The number of hydrogen-bond donors (Lipinski definition) is 1. The Morgan fingerprint density at radius 3 is 3.24 bits per heavy atom. The predicted octanol–water partition coefficient (Wildman–Crippen LogP) is 0.0349. The van der Waals surface area contributed by atoms with Crippen LogP contribution in [-0.2, 0) is 6.61 Å². The van der Waals surface area contributed by atoms with Crippen LogP contribution in [0, 0.1) is 11.3 Å². The molecule has 0 aromatic carbocycles. The number of methoxy groups -OCH3 is 1. The minimum absolute atomic E-state index is 0.00706. The molecular weight excluding hydrogens is 222 g/mol. The molecule has 0 saturated carbocycles. The van der Waals surface area contributed by atoms with Gasteiger partial charge in [-0.05, 0) is 0 Å². The summed E-state index contributed by atoms with van der Waals surface area (Å²) in [6.07, 6.45) is 2.60. The molecule has 86 valence electrons. The Kier molecular flexibility index (Phi) is 2.09. The Labute approximate surface area is 101 Å². The van der Waals surface area contributed by atoms with Crippen molar-refractivity contribution in [2.24, 2.45) is 0 Å². The summed E-state index contributed by atoms with van der Waals surface area (Å²) in [6, 6.07) is 3.06. The molecule has 0 radical (unpaired) electrons. The van der Waals surface area contributed by atoms with Gasteiger partial charge in [0, 0.05) is 6.07 Å². The fourth-order valence-corrected chi connectivity index (χ4v) is 1.20. The van der Waals surface area contributed by atoms with Gasteiger partial charge in [-0.1, -0.05) is 5.21 Å². The van der Waals surface area contributed by atoms with E-state index in [-0.39, 0.29) is 23.7 Å². The molecule has 2 rings (SSSR count). The van der Waals surface area contributed by atoms with E-state index < -0.39 is 7.04 Å². The van der Waals surface area contributed by atoms with E-state index in [1.807, 2.05) is 0 Å². The van der Waals surface area contributed by atoms with Crippen LogP contribution in [0.1, 0.15) is 15.4 Å². The molecule has 0 amide bonds. The van der Waals surface area contributed by atoms with E-state index in [9.17, 15) is 0 Å². The van der Waals surface area contributed by atoms with Gasteiger partial charge in [0.2, 0.25) is 0 Å². The van der Waals surface area contributed by atoms with Crippen LogP contribution >= 0.6 is 0 Å². The van der Waals surface area contributed by atoms with Gasteiger partial charge in [-0.25, -0.2) is 9.67 Å². The number of nitrogens with zero attached hydrogens (tertiary/aromatic N) is 5. The van der Waals surface area contributed by atoms with E-state index in [1.54, 1.807) is 6.07 Å². The monoisotopic (exact) mass is 234 g/mol. The summed E-state index contributed by atoms with van der Waals surface area (Å²) >= 11 is 0. The number of aromatic nitrogens is 4. The topological polar surface area (TPSA) is 96.8 Å². The van der Waals surface area contributed by atoms with Crippen molar-refractivity contribution in [1.29, 1.82) is 5.26 Å². The van der Waals surface area contributed by atoms with Gasteiger partial charge >= 0.3 is 0 Å². The second-order valence-electron chi connectivity index (χ2n) is 3.07. The van der Waals surface area contributed by atoms with Crippen molar-refractivity contribution in [3.05, 3.63) is 29.7 Å². The third-order valence-electron chi connectivity index (χ3n) is 2.02. The highest BCUT2D eigenvalue weighted by Crippen LogP contribution is 2.18. The molecular formula is C10H9N5O2. The summed E-state index contributed by atoms with van der Waals surface area (Å²) < 4.78 is 27.2. The van der Waals surface area contributed by atoms with Crippen molar-refractivity contribution in [1.82, 2.24) is 20.0 Å². The molecule has 2 aromatic heterocycles. The van der Waals surface area contributed by atoms with Crippen LogP contribution < -0.4 is 4.74 Å². The number of ether oxygens (including phenoxy) is 1. The van der Waals surface area contributed by atoms with Crippen molar-refractivity contribution in [3.8, 4) is 17.6 Å². The fraction of sp³-hybridized carbons (Fsp3) is 0.200. The van der Waals surface area contributed by atoms with Gasteiger partial charge in [0.05, 0.1) is 30.2 Å². The van der Waals surface area contributed by atoms with Gasteiger partial charge < -0.3 is 9.84 Å². The highest BCUT2D eigenvalue weighted by molar-refractivity contribution is 5.45. The van der Waals surface area contributed by atoms with E-state index >= 15 is 0 Å². The highest BCUT2D eigenvalue weighted by Gasteiger charge is 2.08. The zero-order valence-electron chi connectivity index (χ0n) is 11.5. The molecule has 0 fully saturated rings. The van der Waals surface area contributed by atoms with E-state index in [4.69, 9.17) is 19.2 Å². The first kappa shape index (κ1) is 7.76. The zero-order valence-corrected chi connectivity index (χ0v) is 8.53. The minimum Gasteiger partial charge on any atom is -0.495 e. The first-order chi connectivity index (χ1) is 9.43. The van der Waals surface area contributed by atoms with Crippen LogP contribution in [0.5, 0.6) is 5.75 Å². The van der Waals surface area contributed by atoms with Crippen molar-refractivity contribution in [3.63, 3.8) is 0 Å². The molecule has 0 saturated heterocycles. The summed E-state index contributed by atoms with van der Waals surface area (Å²) in [5.41, 5.74) is 0.321. The molecule has 2 aromatic rings. The Bertz CT molecular complexity index is 662. The van der Waals surface area contributed by atoms with Crippen LogP contribution in [0.2, 0.25) is 0 Å². The van der Waals surface area contributed by atoms with E-state index in [1.165, 1.54) is 23.1 Å². The molecule has 2 heterocycles. The standard InChI is InChI=1S/C10H9N5O2/c1-17-9-2-10(12-4-7(9)3-11)15-5-8(6-16)13-14-15/h2,4-5,16H,6H2,1H3/i1D3. The molecule has 1 N–H and O–H groups in total. The maximum absolute atomic E-state index is 8.91. The van der Waals surface area contributed by atoms with Crippen molar-refractivity contribution in [2.75, 3.05) is 7.04 Å². The lowest BCUT2D eigenvalue weighted by Gasteiger charge is -2.04. The molecule has 0 aliphatic heterocycles. The molecule has 7 nitrogen and oxygen atoms in total. The largest absolute Gasteiger partial charge is 0.495 e. The van der Waals surface area contributed by atoms with Crippen molar-refractivity contribution >= 4 is 0 Å². The van der Waals surface area contributed by atoms with Crippen LogP contribution in [0.4, 0.5) is 0 Å². The summed E-state index contributed by atoms with van der Waals surface area (Å²) in [6.45, 7) is -0.283. The van der Waals surface area contributed by atoms with Gasteiger partial charge in [0.15, 0.2) is 5.82 Å². The van der Waals surface area contributed by atoms with Crippen molar-refractivity contribution < 1.29 is 14.0 Å². The quantitative estimate of drug-likeness (QED) is 0.805. The van der Waals surface area contributed by atoms with Gasteiger partial charge in [-0.3, -0.25) is 0 Å². The summed E-state index contributed by atoms with van der Waals surface area (Å²) in [7, 11) is -2.68. The Balaban J connectivity index is 2.41. The van der Waals surface area contributed by atoms with E-state index in [2.05, 4.69) is 15.3 Å². The third kappa shape index (κ3) is 2.07. The molecule has 0 unspecified atom stereocenters. The normalized spacial score (nSPS) is 13.3. The third-order valence-corrected chi connectivity index (χ3v) is 2.02. The number of aliphatic hydroxyl groups is 1. The van der Waals surface area contributed by atoms with Gasteiger partial charge in [0.25, 0.3) is 0 Å². The number of hydrogen-bond acceptors (Lipinski definition) is 6. The number of pyridine rings is 1. The molecule has 0 atom stereocenters. The molecule has 0 aliphatic rings. The van der Waals surface area contributed by atoms with E-state index in [0.717, 1.165) is 0 Å². The second-order valence-corrected chi connectivity index (χ2v) is 3.07. The summed E-state index contributed by atoms with van der Waals surface area (Å²) in [5.74, 6) is 0.0917. The van der Waals surface area contributed by atoms with E-state index in [0.29, 0.717) is 5.69 Å². The lowest BCUT2D eigenvalue weighted by Crippen LogP contribution is -2.00. The van der Waals surface area contributed by atoms with Gasteiger partial charge in [-0.15, -0.1) is 5.10 Å². The average molecular weight is 234 g/mol. The highest BCUT2D eigenvalue weighted by atomic mass is 16.5. The number of nitriles is 1. The second kappa shape index (κ2) is 4.59. The molecule has 0 spiro atoms. The number of aliphatic hydroxyl groups excluding tert-OH is 1. The first-order valence-electron chi connectivity index (χ1n) is 6.04. The lowest BCUT2D eigenvalue weighted by atomic mass is 10.3. The maximum Gasteiger partial charge on any atom is 0.158 e. The van der Waals surface area contributed by atoms with Gasteiger partial charge in [0.1, 0.15) is 23.1 Å². The molecule has 7 heteroatoms. The molecule has 0 bridgehead atoms.